The number of nitrogens with two attached hydrogens (primary N) is 1. The molecule has 14 heavy (non-hydrogen) atoms. The van der Waals surface area contributed by atoms with Gasteiger partial charge in [0, 0.05) is 6.04 Å². The van der Waals surface area contributed by atoms with E-state index in [0.29, 0.717) is 5.92 Å². The molecular weight excluding hydrogens is 170 g/mol. The maximum Gasteiger partial charge on any atom is 0.0320 e. The van der Waals surface area contributed by atoms with Crippen LogP contribution in [0, 0.1) is 19.8 Å². The topological polar surface area (TPSA) is 26.0 Å². The minimum atomic E-state index is 0.179. The quantitative estimate of drug-likeness (QED) is 0.779. The standard InChI is InChI=1S/C13H21N/c1-5-11(4)13(14)12-7-9(2)6-10(3)8-12/h6-8,11,13H,5,14H2,1-4H3/t11?,13-/m0/s1. The summed E-state index contributed by atoms with van der Waals surface area (Å²) >= 11 is 0. The Balaban J connectivity index is 2.94. The molecule has 1 unspecified atom stereocenters. The summed E-state index contributed by atoms with van der Waals surface area (Å²) in [4.78, 5) is 0. The van der Waals surface area contributed by atoms with E-state index in [-0.39, 0.29) is 6.04 Å². The van der Waals surface area contributed by atoms with Crippen LogP contribution in [0.2, 0.25) is 0 Å². The number of hydrogen-bond donors (Lipinski definition) is 1. The molecule has 2 atom stereocenters. The molecule has 1 rings (SSSR count). The van der Waals surface area contributed by atoms with Gasteiger partial charge in [-0.15, -0.1) is 0 Å². The Morgan fingerprint density at radius 3 is 2.07 bits per heavy atom. The molecule has 1 aromatic carbocycles. The molecule has 0 radical (unpaired) electrons. The van der Waals surface area contributed by atoms with E-state index in [1.165, 1.54) is 16.7 Å². The van der Waals surface area contributed by atoms with Crippen LogP contribution >= 0.6 is 0 Å². The lowest BCUT2D eigenvalue weighted by molar-refractivity contribution is 0.456. The highest BCUT2D eigenvalue weighted by Gasteiger charge is 2.13. The highest BCUT2D eigenvalue weighted by Crippen LogP contribution is 2.23. The van der Waals surface area contributed by atoms with E-state index in [1.807, 2.05) is 0 Å². The maximum atomic E-state index is 6.19. The number of rotatable bonds is 3. The molecule has 0 aliphatic heterocycles. The maximum absolute atomic E-state index is 6.19. The lowest BCUT2D eigenvalue weighted by atomic mass is 9.91. The smallest absolute Gasteiger partial charge is 0.0320 e. The zero-order chi connectivity index (χ0) is 10.7. The van der Waals surface area contributed by atoms with Crippen LogP contribution in [0.4, 0.5) is 0 Å². The second-order valence-corrected chi connectivity index (χ2v) is 4.33. The summed E-state index contributed by atoms with van der Waals surface area (Å²) in [6.07, 6.45) is 1.13. The van der Waals surface area contributed by atoms with Gasteiger partial charge >= 0.3 is 0 Å². The molecule has 0 spiro atoms. The van der Waals surface area contributed by atoms with Crippen LogP contribution in [0.1, 0.15) is 43.0 Å². The van der Waals surface area contributed by atoms with Crippen molar-refractivity contribution in [2.24, 2.45) is 11.7 Å². The molecule has 0 bridgehead atoms. The van der Waals surface area contributed by atoms with Crippen LogP contribution in [-0.4, -0.2) is 0 Å². The van der Waals surface area contributed by atoms with Crippen molar-refractivity contribution in [3.63, 3.8) is 0 Å². The van der Waals surface area contributed by atoms with Gasteiger partial charge in [-0.05, 0) is 25.3 Å². The second-order valence-electron chi connectivity index (χ2n) is 4.33. The van der Waals surface area contributed by atoms with Gasteiger partial charge in [0.15, 0.2) is 0 Å². The van der Waals surface area contributed by atoms with Crippen molar-refractivity contribution in [2.45, 2.75) is 40.2 Å². The van der Waals surface area contributed by atoms with Crippen LogP contribution in [0.5, 0.6) is 0 Å². The van der Waals surface area contributed by atoms with Gasteiger partial charge in [-0.3, -0.25) is 0 Å². The first-order valence-corrected chi connectivity index (χ1v) is 5.38. The Hall–Kier alpha value is -0.820. The molecule has 0 aliphatic carbocycles. The van der Waals surface area contributed by atoms with Gasteiger partial charge < -0.3 is 5.73 Å². The molecule has 0 heterocycles. The summed E-state index contributed by atoms with van der Waals surface area (Å²) in [7, 11) is 0. The summed E-state index contributed by atoms with van der Waals surface area (Å²) in [6.45, 7) is 8.65. The van der Waals surface area contributed by atoms with Crippen molar-refractivity contribution < 1.29 is 0 Å². The van der Waals surface area contributed by atoms with Crippen LogP contribution in [-0.2, 0) is 0 Å². The Morgan fingerprint density at radius 1 is 1.14 bits per heavy atom. The van der Waals surface area contributed by atoms with Gasteiger partial charge in [-0.25, -0.2) is 0 Å². The molecular formula is C13H21N. The fourth-order valence-corrected chi connectivity index (χ4v) is 1.78. The molecule has 0 amide bonds. The van der Waals surface area contributed by atoms with Gasteiger partial charge in [-0.1, -0.05) is 49.6 Å². The number of benzene rings is 1. The Labute approximate surface area is 87.3 Å². The predicted octanol–water partition coefficient (Wildman–Crippen LogP) is 3.35. The minimum Gasteiger partial charge on any atom is -0.324 e. The fourth-order valence-electron chi connectivity index (χ4n) is 1.78. The summed E-state index contributed by atoms with van der Waals surface area (Å²) < 4.78 is 0. The Kier molecular flexibility index (Phi) is 3.70. The van der Waals surface area contributed by atoms with Gasteiger partial charge in [0.05, 0.1) is 0 Å². The SMILES string of the molecule is CCC(C)[C@H](N)c1cc(C)cc(C)c1. The molecule has 1 aromatic rings. The van der Waals surface area contributed by atoms with Gasteiger partial charge in [0.2, 0.25) is 0 Å². The Morgan fingerprint density at radius 2 is 1.64 bits per heavy atom. The van der Waals surface area contributed by atoms with E-state index < -0.39 is 0 Å². The lowest BCUT2D eigenvalue weighted by Crippen LogP contribution is -2.18. The van der Waals surface area contributed by atoms with Crippen LogP contribution in [0.25, 0.3) is 0 Å². The van der Waals surface area contributed by atoms with Gasteiger partial charge in [-0.2, -0.15) is 0 Å². The third-order valence-corrected chi connectivity index (χ3v) is 2.89. The third kappa shape index (κ3) is 2.58. The van der Waals surface area contributed by atoms with E-state index in [9.17, 15) is 0 Å². The first kappa shape index (κ1) is 11.3. The van der Waals surface area contributed by atoms with Crippen molar-refractivity contribution >= 4 is 0 Å². The lowest BCUT2D eigenvalue weighted by Gasteiger charge is -2.19. The average molecular weight is 191 g/mol. The minimum absolute atomic E-state index is 0.179. The third-order valence-electron chi connectivity index (χ3n) is 2.89. The Bertz CT molecular complexity index is 284. The summed E-state index contributed by atoms with van der Waals surface area (Å²) in [6, 6.07) is 6.76. The normalized spacial score (nSPS) is 15.2. The van der Waals surface area contributed by atoms with Crippen molar-refractivity contribution in [1.29, 1.82) is 0 Å². The van der Waals surface area contributed by atoms with E-state index in [2.05, 4.69) is 45.9 Å². The fraction of sp³-hybridized carbons (Fsp3) is 0.538. The highest BCUT2D eigenvalue weighted by molar-refractivity contribution is 5.30. The van der Waals surface area contributed by atoms with Crippen LogP contribution in [0.3, 0.4) is 0 Å². The van der Waals surface area contributed by atoms with E-state index >= 15 is 0 Å². The first-order chi connectivity index (χ1) is 6.54. The van der Waals surface area contributed by atoms with Crippen molar-refractivity contribution in [2.75, 3.05) is 0 Å². The molecule has 0 aromatic heterocycles. The number of aryl methyl sites for hydroxylation is 2. The molecule has 0 saturated carbocycles. The zero-order valence-corrected chi connectivity index (χ0v) is 9.67. The van der Waals surface area contributed by atoms with E-state index in [1.54, 1.807) is 0 Å². The summed E-state index contributed by atoms with van der Waals surface area (Å²) in [5, 5.41) is 0. The number of hydrogen-bond acceptors (Lipinski definition) is 1. The molecule has 0 fully saturated rings. The molecule has 0 aliphatic rings. The van der Waals surface area contributed by atoms with E-state index in [0.717, 1.165) is 6.42 Å². The largest absolute Gasteiger partial charge is 0.324 e. The van der Waals surface area contributed by atoms with Crippen molar-refractivity contribution in [3.8, 4) is 0 Å². The predicted molar refractivity (Wildman–Crippen MR) is 62.3 cm³/mol. The summed E-state index contributed by atoms with van der Waals surface area (Å²) in [5.41, 5.74) is 10.1. The average Bonchev–Trinajstić information content (AvgIpc) is 2.14. The van der Waals surface area contributed by atoms with E-state index in [4.69, 9.17) is 5.73 Å². The van der Waals surface area contributed by atoms with Crippen molar-refractivity contribution in [1.82, 2.24) is 0 Å². The molecule has 2 N–H and O–H groups in total. The molecule has 1 heteroatoms. The second kappa shape index (κ2) is 4.61. The molecule has 1 nitrogen and oxygen atoms in total. The summed E-state index contributed by atoms with van der Waals surface area (Å²) in [5.74, 6) is 0.552. The van der Waals surface area contributed by atoms with Crippen LogP contribution < -0.4 is 5.73 Å². The van der Waals surface area contributed by atoms with Crippen LogP contribution in [0.15, 0.2) is 18.2 Å². The molecule has 78 valence electrons. The van der Waals surface area contributed by atoms with Crippen molar-refractivity contribution in [3.05, 3.63) is 34.9 Å². The first-order valence-electron chi connectivity index (χ1n) is 5.38. The monoisotopic (exact) mass is 191 g/mol. The molecule has 0 saturated heterocycles. The zero-order valence-electron chi connectivity index (χ0n) is 9.67. The van der Waals surface area contributed by atoms with Gasteiger partial charge in [0.1, 0.15) is 0 Å². The highest BCUT2D eigenvalue weighted by atomic mass is 14.6. The van der Waals surface area contributed by atoms with Gasteiger partial charge in [0.25, 0.3) is 0 Å².